The molecule has 0 amide bonds. The van der Waals surface area contributed by atoms with Crippen LogP contribution in [0.5, 0.6) is 0 Å². The van der Waals surface area contributed by atoms with Gasteiger partial charge in [-0.1, -0.05) is 25.1 Å². The summed E-state index contributed by atoms with van der Waals surface area (Å²) in [6.45, 7) is 5.90. The number of likely N-dealkylation sites (N-methyl/N-ethyl adjacent to an activating group) is 1. The lowest BCUT2D eigenvalue weighted by atomic mass is 10.1. The van der Waals surface area contributed by atoms with Gasteiger partial charge in [-0.3, -0.25) is 15.0 Å². The first-order chi connectivity index (χ1) is 9.22. The van der Waals surface area contributed by atoms with E-state index < -0.39 is 0 Å². The third-order valence-electron chi connectivity index (χ3n) is 3.79. The number of hydrogen-bond acceptors (Lipinski definition) is 4. The Morgan fingerprint density at radius 1 is 1.47 bits per heavy atom. The van der Waals surface area contributed by atoms with Gasteiger partial charge in [-0.25, -0.2) is 0 Å². The minimum Gasteiger partial charge on any atom is -0.311 e. The van der Waals surface area contributed by atoms with Crippen LogP contribution < -0.4 is 5.32 Å². The molecule has 1 aromatic carbocycles. The maximum Gasteiger partial charge on any atom is 0.273 e. The average molecular weight is 263 g/mol. The second-order valence-electron chi connectivity index (χ2n) is 4.94. The van der Waals surface area contributed by atoms with Crippen molar-refractivity contribution in [1.82, 2.24) is 10.2 Å². The molecule has 1 fully saturated rings. The zero-order valence-electron chi connectivity index (χ0n) is 11.3. The molecule has 0 aliphatic carbocycles. The number of hydrogen-bond donors (Lipinski definition) is 1. The summed E-state index contributed by atoms with van der Waals surface area (Å²) in [7, 11) is 0. The van der Waals surface area contributed by atoms with Crippen LogP contribution in [0.2, 0.25) is 0 Å². The predicted molar refractivity (Wildman–Crippen MR) is 75.1 cm³/mol. The molecule has 104 valence electrons. The largest absolute Gasteiger partial charge is 0.311 e. The Labute approximate surface area is 113 Å². The smallest absolute Gasteiger partial charge is 0.273 e. The molecule has 0 spiro atoms. The van der Waals surface area contributed by atoms with E-state index in [-0.39, 0.29) is 10.6 Å². The van der Waals surface area contributed by atoms with Crippen molar-refractivity contribution < 1.29 is 4.92 Å². The van der Waals surface area contributed by atoms with Crippen molar-refractivity contribution in [2.75, 3.05) is 19.6 Å². The number of nitro groups is 1. The van der Waals surface area contributed by atoms with Crippen LogP contribution in [-0.2, 0) is 6.54 Å². The molecule has 5 heteroatoms. The first-order valence-corrected chi connectivity index (χ1v) is 6.89. The number of nitrogens with one attached hydrogen (secondary N) is 1. The molecule has 0 radical (unpaired) electrons. The summed E-state index contributed by atoms with van der Waals surface area (Å²) in [4.78, 5) is 13.1. The molecule has 1 aliphatic rings. The summed E-state index contributed by atoms with van der Waals surface area (Å²) in [6.07, 6.45) is 2.48. The van der Waals surface area contributed by atoms with Crippen LogP contribution in [0, 0.1) is 10.1 Å². The highest BCUT2D eigenvalue weighted by Crippen LogP contribution is 2.18. The molecule has 1 N–H and O–H groups in total. The van der Waals surface area contributed by atoms with E-state index in [0.717, 1.165) is 18.7 Å². The summed E-state index contributed by atoms with van der Waals surface area (Å²) in [6, 6.07) is 7.50. The summed E-state index contributed by atoms with van der Waals surface area (Å²) in [5, 5.41) is 14.3. The summed E-state index contributed by atoms with van der Waals surface area (Å²) < 4.78 is 0. The monoisotopic (exact) mass is 263 g/mol. The fourth-order valence-corrected chi connectivity index (χ4v) is 2.75. The van der Waals surface area contributed by atoms with Gasteiger partial charge < -0.3 is 5.32 Å². The molecule has 1 saturated heterocycles. The predicted octanol–water partition coefficient (Wildman–Crippen LogP) is 2.17. The molecule has 1 aliphatic heterocycles. The van der Waals surface area contributed by atoms with Gasteiger partial charge in [0.25, 0.3) is 5.69 Å². The third-order valence-corrected chi connectivity index (χ3v) is 3.79. The van der Waals surface area contributed by atoms with E-state index in [0.29, 0.717) is 12.6 Å². The zero-order chi connectivity index (χ0) is 13.7. The van der Waals surface area contributed by atoms with Crippen LogP contribution in [0.15, 0.2) is 24.3 Å². The van der Waals surface area contributed by atoms with Crippen molar-refractivity contribution in [2.24, 2.45) is 0 Å². The van der Waals surface area contributed by atoms with Crippen molar-refractivity contribution in [3.63, 3.8) is 0 Å². The van der Waals surface area contributed by atoms with Crippen LogP contribution in [0.1, 0.15) is 25.3 Å². The Balaban J connectivity index is 1.87. The number of nitro benzene ring substituents is 1. The van der Waals surface area contributed by atoms with Crippen molar-refractivity contribution >= 4 is 5.69 Å². The maximum absolute atomic E-state index is 10.9. The highest BCUT2D eigenvalue weighted by Gasteiger charge is 2.22. The average Bonchev–Trinajstić information content (AvgIpc) is 2.86. The molecule has 1 unspecified atom stereocenters. The molecule has 1 atom stereocenters. The zero-order valence-corrected chi connectivity index (χ0v) is 11.3. The Morgan fingerprint density at radius 2 is 2.26 bits per heavy atom. The van der Waals surface area contributed by atoms with Gasteiger partial charge in [-0.2, -0.15) is 0 Å². The topological polar surface area (TPSA) is 58.4 Å². The van der Waals surface area contributed by atoms with Crippen molar-refractivity contribution in [3.05, 3.63) is 39.9 Å². The number of benzene rings is 1. The molecule has 1 heterocycles. The lowest BCUT2D eigenvalue weighted by molar-refractivity contribution is -0.385. The van der Waals surface area contributed by atoms with Crippen molar-refractivity contribution in [2.45, 2.75) is 32.4 Å². The van der Waals surface area contributed by atoms with Gasteiger partial charge in [0.2, 0.25) is 0 Å². The van der Waals surface area contributed by atoms with Gasteiger partial charge in [-0.15, -0.1) is 0 Å². The van der Waals surface area contributed by atoms with Gasteiger partial charge in [0.1, 0.15) is 0 Å². The quantitative estimate of drug-likeness (QED) is 0.631. The fraction of sp³-hybridized carbons (Fsp3) is 0.571. The van der Waals surface area contributed by atoms with E-state index in [1.807, 2.05) is 12.1 Å². The van der Waals surface area contributed by atoms with Gasteiger partial charge in [0.05, 0.1) is 4.92 Å². The highest BCUT2D eigenvalue weighted by atomic mass is 16.6. The lowest BCUT2D eigenvalue weighted by Gasteiger charge is -2.22. The first kappa shape index (κ1) is 14.0. The summed E-state index contributed by atoms with van der Waals surface area (Å²) in [5.74, 6) is 0. The van der Waals surface area contributed by atoms with E-state index in [1.54, 1.807) is 12.1 Å². The first-order valence-electron chi connectivity index (χ1n) is 6.89. The second kappa shape index (κ2) is 6.63. The molecule has 1 aromatic rings. The van der Waals surface area contributed by atoms with E-state index >= 15 is 0 Å². The van der Waals surface area contributed by atoms with Crippen LogP contribution in [-0.4, -0.2) is 35.5 Å². The van der Waals surface area contributed by atoms with Crippen LogP contribution >= 0.6 is 0 Å². The highest BCUT2D eigenvalue weighted by molar-refractivity contribution is 5.39. The normalized spacial score (nSPS) is 19.7. The van der Waals surface area contributed by atoms with Crippen LogP contribution in [0.4, 0.5) is 5.69 Å². The lowest BCUT2D eigenvalue weighted by Crippen LogP contribution is -2.37. The van der Waals surface area contributed by atoms with Crippen LogP contribution in [0.3, 0.4) is 0 Å². The molecule has 2 rings (SSSR count). The van der Waals surface area contributed by atoms with E-state index in [1.165, 1.54) is 19.4 Å². The molecule has 5 nitrogen and oxygen atoms in total. The van der Waals surface area contributed by atoms with Crippen molar-refractivity contribution in [3.8, 4) is 0 Å². The molecule has 0 aromatic heterocycles. The molecular formula is C14H21N3O2. The molecule has 0 saturated carbocycles. The SMILES string of the molecule is CCN1CCCC1CNCc1ccccc1[N+](=O)[O-]. The standard InChI is InChI=1S/C14H21N3O2/c1-2-16-9-5-7-13(16)11-15-10-12-6-3-4-8-14(12)17(18)19/h3-4,6,8,13,15H,2,5,7,9-11H2,1H3. The third kappa shape index (κ3) is 3.52. The van der Waals surface area contributed by atoms with Gasteiger partial charge >= 0.3 is 0 Å². The van der Waals surface area contributed by atoms with E-state index in [9.17, 15) is 10.1 Å². The number of likely N-dealkylation sites (tertiary alicyclic amines) is 1. The Morgan fingerprint density at radius 3 is 3.00 bits per heavy atom. The molecular weight excluding hydrogens is 242 g/mol. The van der Waals surface area contributed by atoms with Crippen LogP contribution in [0.25, 0.3) is 0 Å². The van der Waals surface area contributed by atoms with Gasteiger partial charge in [0, 0.05) is 30.8 Å². The molecule has 0 bridgehead atoms. The fourth-order valence-electron chi connectivity index (χ4n) is 2.75. The minimum absolute atomic E-state index is 0.203. The maximum atomic E-state index is 10.9. The van der Waals surface area contributed by atoms with Gasteiger partial charge in [0.15, 0.2) is 0 Å². The Bertz CT molecular complexity index is 436. The number of nitrogens with zero attached hydrogens (tertiary/aromatic N) is 2. The number of rotatable bonds is 6. The van der Waals surface area contributed by atoms with E-state index in [2.05, 4.69) is 17.1 Å². The van der Waals surface area contributed by atoms with Crippen molar-refractivity contribution in [1.29, 1.82) is 0 Å². The Hall–Kier alpha value is -1.46. The number of para-hydroxylation sites is 1. The molecule has 19 heavy (non-hydrogen) atoms. The minimum atomic E-state index is -0.315. The Kier molecular flexibility index (Phi) is 4.87. The van der Waals surface area contributed by atoms with Gasteiger partial charge in [-0.05, 0) is 25.9 Å². The summed E-state index contributed by atoms with van der Waals surface area (Å²) >= 11 is 0. The van der Waals surface area contributed by atoms with E-state index in [4.69, 9.17) is 0 Å². The summed E-state index contributed by atoms with van der Waals surface area (Å²) in [5.41, 5.74) is 0.960. The second-order valence-corrected chi connectivity index (χ2v) is 4.94.